The average molecular weight is 288 g/mol. The van der Waals surface area contributed by atoms with Crippen LogP contribution in [0.2, 0.25) is 0 Å². The number of benzene rings is 2. The van der Waals surface area contributed by atoms with Crippen LogP contribution in [-0.4, -0.2) is 21.0 Å². The van der Waals surface area contributed by atoms with Crippen LogP contribution in [0.25, 0.3) is 0 Å². The van der Waals surface area contributed by atoms with E-state index in [1.54, 1.807) is 14.2 Å². The van der Waals surface area contributed by atoms with Crippen LogP contribution in [0.1, 0.15) is 5.56 Å². The molecule has 1 aliphatic heterocycles. The zero-order valence-corrected chi connectivity index (χ0v) is 11.9. The third kappa shape index (κ3) is 2.81. The first-order valence-electron chi connectivity index (χ1n) is 6.53. The maximum absolute atomic E-state index is 5.76. The summed E-state index contributed by atoms with van der Waals surface area (Å²) < 4.78 is 26.8. The van der Waals surface area contributed by atoms with Crippen molar-refractivity contribution in [3.8, 4) is 28.7 Å². The Bertz CT molecular complexity index is 639. The van der Waals surface area contributed by atoms with Gasteiger partial charge >= 0.3 is 0 Å². The van der Waals surface area contributed by atoms with Gasteiger partial charge in [0.1, 0.15) is 12.4 Å². The normalized spacial score (nSPS) is 12.1. The van der Waals surface area contributed by atoms with Crippen LogP contribution in [0.5, 0.6) is 28.7 Å². The molecule has 0 N–H and O–H groups in total. The van der Waals surface area contributed by atoms with Crippen molar-refractivity contribution in [1.82, 2.24) is 0 Å². The molecule has 1 heterocycles. The zero-order chi connectivity index (χ0) is 14.7. The molecule has 21 heavy (non-hydrogen) atoms. The molecule has 0 aliphatic carbocycles. The van der Waals surface area contributed by atoms with Crippen molar-refractivity contribution in [2.45, 2.75) is 6.61 Å². The molecular formula is C16H16O5. The van der Waals surface area contributed by atoms with Crippen molar-refractivity contribution in [2.75, 3.05) is 21.0 Å². The highest BCUT2D eigenvalue weighted by Gasteiger charge is 2.13. The summed E-state index contributed by atoms with van der Waals surface area (Å²) in [5.41, 5.74) is 0.991. The maximum Gasteiger partial charge on any atom is 0.231 e. The molecule has 3 rings (SSSR count). The molecular weight excluding hydrogens is 272 g/mol. The third-order valence-electron chi connectivity index (χ3n) is 3.20. The Balaban J connectivity index is 1.70. The van der Waals surface area contributed by atoms with Gasteiger partial charge in [-0.3, -0.25) is 0 Å². The van der Waals surface area contributed by atoms with Crippen molar-refractivity contribution in [3.63, 3.8) is 0 Å². The van der Waals surface area contributed by atoms with Gasteiger partial charge in [0.2, 0.25) is 6.79 Å². The number of fused-ring (bicyclic) bond motifs is 1. The van der Waals surface area contributed by atoms with Crippen molar-refractivity contribution >= 4 is 0 Å². The van der Waals surface area contributed by atoms with Crippen LogP contribution < -0.4 is 23.7 Å². The summed E-state index contributed by atoms with van der Waals surface area (Å²) in [7, 11) is 3.22. The smallest absolute Gasteiger partial charge is 0.231 e. The summed E-state index contributed by atoms with van der Waals surface area (Å²) in [6, 6.07) is 11.2. The highest BCUT2D eigenvalue weighted by molar-refractivity contribution is 5.47. The Hall–Kier alpha value is -2.56. The molecule has 0 radical (unpaired) electrons. The maximum atomic E-state index is 5.76. The van der Waals surface area contributed by atoms with Crippen LogP contribution in [0, 0.1) is 0 Å². The van der Waals surface area contributed by atoms with Crippen molar-refractivity contribution in [3.05, 3.63) is 42.0 Å². The van der Waals surface area contributed by atoms with Crippen LogP contribution in [0.15, 0.2) is 36.4 Å². The van der Waals surface area contributed by atoms with Gasteiger partial charge in [-0.15, -0.1) is 0 Å². The Morgan fingerprint density at radius 2 is 1.71 bits per heavy atom. The van der Waals surface area contributed by atoms with Gasteiger partial charge in [0.05, 0.1) is 14.2 Å². The molecule has 0 bridgehead atoms. The lowest BCUT2D eigenvalue weighted by molar-refractivity contribution is 0.173. The summed E-state index contributed by atoms with van der Waals surface area (Å²) in [6.07, 6.45) is 0. The summed E-state index contributed by atoms with van der Waals surface area (Å²) in [5, 5.41) is 0. The molecule has 2 aromatic rings. The van der Waals surface area contributed by atoms with E-state index in [9.17, 15) is 0 Å². The Morgan fingerprint density at radius 1 is 0.905 bits per heavy atom. The molecule has 0 saturated heterocycles. The molecule has 1 aliphatic rings. The predicted molar refractivity (Wildman–Crippen MR) is 76.4 cm³/mol. The highest BCUT2D eigenvalue weighted by Crippen LogP contribution is 2.35. The van der Waals surface area contributed by atoms with Gasteiger partial charge in [0, 0.05) is 6.07 Å². The molecule has 0 aromatic heterocycles. The number of methoxy groups -OCH3 is 2. The second kappa shape index (κ2) is 5.83. The Morgan fingerprint density at radius 3 is 2.52 bits per heavy atom. The van der Waals surface area contributed by atoms with Crippen molar-refractivity contribution < 1.29 is 23.7 Å². The van der Waals surface area contributed by atoms with E-state index in [4.69, 9.17) is 23.7 Å². The Labute approximate surface area is 123 Å². The van der Waals surface area contributed by atoms with Crippen molar-refractivity contribution in [1.29, 1.82) is 0 Å². The quantitative estimate of drug-likeness (QED) is 0.846. The first-order valence-corrected chi connectivity index (χ1v) is 6.53. The lowest BCUT2D eigenvalue weighted by Gasteiger charge is -2.11. The number of hydrogen-bond donors (Lipinski definition) is 0. The lowest BCUT2D eigenvalue weighted by Crippen LogP contribution is -1.97. The van der Waals surface area contributed by atoms with Gasteiger partial charge in [-0.2, -0.15) is 0 Å². The minimum absolute atomic E-state index is 0.258. The minimum Gasteiger partial charge on any atom is -0.493 e. The topological polar surface area (TPSA) is 46.2 Å². The summed E-state index contributed by atoms with van der Waals surface area (Å²) in [5.74, 6) is 3.57. The van der Waals surface area contributed by atoms with E-state index in [1.165, 1.54) is 0 Å². The summed E-state index contributed by atoms with van der Waals surface area (Å²) in [4.78, 5) is 0. The molecule has 110 valence electrons. The molecule has 5 heteroatoms. The van der Waals surface area contributed by atoms with Crippen LogP contribution in [0.3, 0.4) is 0 Å². The molecule has 0 atom stereocenters. The SMILES string of the molecule is COc1ccc(COc2ccc3c(c2)OCO3)cc1OC. The molecule has 0 amide bonds. The van der Waals surface area contributed by atoms with E-state index in [-0.39, 0.29) is 6.79 Å². The third-order valence-corrected chi connectivity index (χ3v) is 3.20. The van der Waals surface area contributed by atoms with Crippen LogP contribution in [0.4, 0.5) is 0 Å². The van der Waals surface area contributed by atoms with E-state index >= 15 is 0 Å². The number of hydrogen-bond acceptors (Lipinski definition) is 5. The molecule has 0 unspecified atom stereocenters. The van der Waals surface area contributed by atoms with Gasteiger partial charge in [-0.1, -0.05) is 6.07 Å². The molecule has 2 aromatic carbocycles. The fourth-order valence-corrected chi connectivity index (χ4v) is 2.10. The first-order chi connectivity index (χ1) is 10.3. The van der Waals surface area contributed by atoms with Gasteiger partial charge in [-0.05, 0) is 29.8 Å². The van der Waals surface area contributed by atoms with Crippen LogP contribution >= 0.6 is 0 Å². The number of ether oxygens (including phenoxy) is 5. The van der Waals surface area contributed by atoms with Crippen molar-refractivity contribution in [2.24, 2.45) is 0 Å². The van der Waals surface area contributed by atoms with Gasteiger partial charge in [-0.25, -0.2) is 0 Å². The minimum atomic E-state index is 0.258. The lowest BCUT2D eigenvalue weighted by atomic mass is 10.2. The predicted octanol–water partition coefficient (Wildman–Crippen LogP) is 3.01. The first kappa shape index (κ1) is 13.4. The zero-order valence-electron chi connectivity index (χ0n) is 11.9. The molecule has 0 spiro atoms. The van der Waals surface area contributed by atoms with Gasteiger partial charge < -0.3 is 23.7 Å². The molecule has 0 fully saturated rings. The summed E-state index contributed by atoms with van der Waals surface area (Å²) in [6.45, 7) is 0.689. The van der Waals surface area contributed by atoms with E-state index < -0.39 is 0 Å². The van der Waals surface area contributed by atoms with Gasteiger partial charge in [0.25, 0.3) is 0 Å². The standard InChI is InChI=1S/C16H16O5/c1-17-13-5-3-11(7-15(13)18-2)9-19-12-4-6-14-16(8-12)21-10-20-14/h3-8H,9-10H2,1-2H3. The number of rotatable bonds is 5. The fourth-order valence-electron chi connectivity index (χ4n) is 2.10. The summed E-state index contributed by atoms with van der Waals surface area (Å²) >= 11 is 0. The van der Waals surface area contributed by atoms with E-state index in [0.717, 1.165) is 17.1 Å². The molecule has 0 saturated carbocycles. The molecule has 5 nitrogen and oxygen atoms in total. The van der Waals surface area contributed by atoms with Crippen LogP contribution in [-0.2, 0) is 6.61 Å². The Kier molecular flexibility index (Phi) is 3.73. The van der Waals surface area contributed by atoms with E-state index in [2.05, 4.69) is 0 Å². The largest absolute Gasteiger partial charge is 0.493 e. The van der Waals surface area contributed by atoms with Gasteiger partial charge in [0.15, 0.2) is 23.0 Å². The monoisotopic (exact) mass is 288 g/mol. The second-order valence-electron chi connectivity index (χ2n) is 4.49. The van der Waals surface area contributed by atoms with E-state index in [0.29, 0.717) is 23.9 Å². The second-order valence-corrected chi connectivity index (χ2v) is 4.49. The fraction of sp³-hybridized carbons (Fsp3) is 0.250. The van der Waals surface area contributed by atoms with E-state index in [1.807, 2.05) is 36.4 Å². The average Bonchev–Trinajstić information content (AvgIpc) is 3.00. The highest BCUT2D eigenvalue weighted by atomic mass is 16.7.